The monoisotopic (exact) mass is 479 g/mol. The maximum atomic E-state index is 12.7. The summed E-state index contributed by atoms with van der Waals surface area (Å²) in [4.78, 5) is 15.2. The van der Waals surface area contributed by atoms with E-state index in [4.69, 9.17) is 16.0 Å². The molecule has 1 spiro atoms. The maximum absolute atomic E-state index is 12.7. The molecule has 1 aromatic heterocycles. The third-order valence-corrected chi connectivity index (χ3v) is 9.52. The molecular weight excluding hydrogens is 450 g/mol. The number of nitrogens with one attached hydrogen (secondary N) is 1. The molecule has 6 heteroatoms. The molecule has 1 unspecified atom stereocenters. The van der Waals surface area contributed by atoms with Crippen molar-refractivity contribution in [3.63, 3.8) is 0 Å². The first-order valence-corrected chi connectivity index (χ1v) is 13.3. The number of amides is 1. The predicted octanol–water partition coefficient (Wildman–Crippen LogP) is 6.81. The Morgan fingerprint density at radius 1 is 1.21 bits per heavy atom. The minimum absolute atomic E-state index is 0.0318. The molecule has 2 aliphatic heterocycles. The van der Waals surface area contributed by atoms with Crippen molar-refractivity contribution < 1.29 is 4.79 Å². The summed E-state index contributed by atoms with van der Waals surface area (Å²) in [6.45, 7) is 6.56. The first-order chi connectivity index (χ1) is 15.9. The van der Waals surface area contributed by atoms with Crippen LogP contribution in [0.5, 0.6) is 0 Å². The Kier molecular flexibility index (Phi) is 5.00. The molecule has 3 aromatic rings. The van der Waals surface area contributed by atoms with E-state index in [0.717, 1.165) is 49.0 Å². The molecule has 1 N–H and O–H groups in total. The van der Waals surface area contributed by atoms with Gasteiger partial charge in [-0.15, -0.1) is 0 Å². The van der Waals surface area contributed by atoms with Crippen LogP contribution in [0.1, 0.15) is 57.1 Å². The van der Waals surface area contributed by atoms with Gasteiger partial charge in [0.05, 0.1) is 10.1 Å². The number of nitrogens with zero attached hydrogens (tertiary/aromatic N) is 2. The lowest BCUT2D eigenvalue weighted by molar-refractivity contribution is -0.118. The highest BCUT2D eigenvalue weighted by molar-refractivity contribution is 7.13. The van der Waals surface area contributed by atoms with E-state index in [9.17, 15) is 4.79 Å². The molecule has 2 aromatic carbocycles. The van der Waals surface area contributed by atoms with Gasteiger partial charge in [0.2, 0.25) is 5.91 Å². The van der Waals surface area contributed by atoms with Crippen LogP contribution in [0, 0.1) is 11.3 Å². The summed E-state index contributed by atoms with van der Waals surface area (Å²) in [7, 11) is 0. The number of rotatable bonds is 5. The molecule has 1 amide bonds. The Hall–Kier alpha value is -2.11. The Labute approximate surface area is 204 Å². The summed E-state index contributed by atoms with van der Waals surface area (Å²) in [6.07, 6.45) is 6.72. The summed E-state index contributed by atoms with van der Waals surface area (Å²) in [5.41, 5.74) is 2.97. The zero-order valence-electron chi connectivity index (χ0n) is 19.3. The largest absolute Gasteiger partial charge is 0.355 e. The number of aromatic nitrogens is 1. The van der Waals surface area contributed by atoms with E-state index in [1.165, 1.54) is 46.3 Å². The van der Waals surface area contributed by atoms with Crippen molar-refractivity contribution in [3.05, 3.63) is 52.5 Å². The lowest BCUT2D eigenvalue weighted by Gasteiger charge is -2.32. The Balaban J connectivity index is 1.07. The number of anilines is 2. The van der Waals surface area contributed by atoms with Gasteiger partial charge in [0.15, 0.2) is 0 Å². The molecule has 1 aliphatic carbocycles. The first kappa shape index (κ1) is 21.4. The smallest absolute Gasteiger partial charge is 0.235 e. The average molecular weight is 480 g/mol. The van der Waals surface area contributed by atoms with Crippen LogP contribution in [-0.2, 0) is 16.6 Å². The van der Waals surface area contributed by atoms with E-state index in [0.29, 0.717) is 0 Å². The second-order valence-corrected chi connectivity index (χ2v) is 11.9. The van der Waals surface area contributed by atoms with Crippen LogP contribution in [0.2, 0.25) is 5.02 Å². The second-order valence-electron chi connectivity index (χ2n) is 10.7. The number of hydrogen-bond donors (Lipinski definition) is 1. The lowest BCUT2D eigenvalue weighted by atomic mass is 9.87. The van der Waals surface area contributed by atoms with E-state index in [2.05, 4.69) is 54.4 Å². The fraction of sp³-hybridized carbons (Fsp3) is 0.481. The van der Waals surface area contributed by atoms with Gasteiger partial charge in [0.25, 0.3) is 0 Å². The Morgan fingerprint density at radius 3 is 2.73 bits per heavy atom. The van der Waals surface area contributed by atoms with Crippen LogP contribution in [0.25, 0.3) is 10.1 Å². The van der Waals surface area contributed by atoms with E-state index in [-0.39, 0.29) is 16.7 Å². The number of benzene rings is 2. The Morgan fingerprint density at radius 2 is 1.97 bits per heavy atom. The highest BCUT2D eigenvalue weighted by atomic mass is 35.5. The van der Waals surface area contributed by atoms with E-state index >= 15 is 0 Å². The van der Waals surface area contributed by atoms with Crippen molar-refractivity contribution in [1.29, 1.82) is 0 Å². The van der Waals surface area contributed by atoms with Crippen molar-refractivity contribution in [3.8, 4) is 0 Å². The summed E-state index contributed by atoms with van der Waals surface area (Å²) in [5.74, 6) is 2.07. The van der Waals surface area contributed by atoms with Crippen LogP contribution in [0.3, 0.4) is 0 Å². The zero-order chi connectivity index (χ0) is 22.8. The van der Waals surface area contributed by atoms with Gasteiger partial charge in [0, 0.05) is 29.2 Å². The number of aryl methyl sites for hydroxylation is 1. The van der Waals surface area contributed by atoms with Gasteiger partial charge in [0.1, 0.15) is 5.82 Å². The molecule has 0 bridgehead atoms. The molecule has 3 heterocycles. The van der Waals surface area contributed by atoms with E-state index in [1.807, 2.05) is 6.07 Å². The lowest BCUT2D eigenvalue weighted by Crippen LogP contribution is -2.33. The molecular formula is C27H30ClN3OS. The minimum atomic E-state index is -0.339. The van der Waals surface area contributed by atoms with Gasteiger partial charge < -0.3 is 10.2 Å². The highest BCUT2D eigenvalue weighted by Crippen LogP contribution is 2.68. The average Bonchev–Trinajstić information content (AvgIpc) is 3.07. The topological polar surface area (TPSA) is 45.2 Å². The summed E-state index contributed by atoms with van der Waals surface area (Å²) in [6, 6.07) is 12.7. The van der Waals surface area contributed by atoms with E-state index in [1.54, 1.807) is 11.5 Å². The molecule has 6 rings (SSSR count). The van der Waals surface area contributed by atoms with Crippen molar-refractivity contribution in [1.82, 2.24) is 4.37 Å². The van der Waals surface area contributed by atoms with Crippen LogP contribution < -0.4 is 10.2 Å². The third-order valence-electron chi connectivity index (χ3n) is 8.35. The molecule has 1 saturated carbocycles. The van der Waals surface area contributed by atoms with Gasteiger partial charge in [-0.3, -0.25) is 4.79 Å². The number of hydrogen-bond acceptors (Lipinski definition) is 4. The summed E-state index contributed by atoms with van der Waals surface area (Å²) in [5, 5.41) is 5.15. The first-order valence-electron chi connectivity index (χ1n) is 12.1. The highest BCUT2D eigenvalue weighted by Gasteiger charge is 2.70. The van der Waals surface area contributed by atoms with Crippen LogP contribution >= 0.6 is 23.1 Å². The molecule has 3 aliphatic rings. The van der Waals surface area contributed by atoms with Crippen molar-refractivity contribution in [2.75, 3.05) is 23.3 Å². The summed E-state index contributed by atoms with van der Waals surface area (Å²) >= 11 is 8.23. The van der Waals surface area contributed by atoms with Crippen LogP contribution in [0.4, 0.5) is 11.5 Å². The fourth-order valence-electron chi connectivity index (χ4n) is 6.20. The summed E-state index contributed by atoms with van der Waals surface area (Å²) < 4.78 is 6.01. The standard InChI is InChI=1S/C27H30ClN3OS/c1-26(2)16-27(26)20-14-18(21(28)15-22(20)29-25(27)32)7-5-6-17-10-12-31(13-11-17)24-19-8-3-4-9-23(19)33-30-24/h3-4,8-9,14-15,17H,5-7,10-13,16H2,1-2H3,(H,29,32). The number of carbonyl (C=O) groups is 1. The fourth-order valence-corrected chi connectivity index (χ4v) is 7.25. The molecule has 1 saturated heterocycles. The van der Waals surface area contributed by atoms with Crippen molar-refractivity contribution in [2.24, 2.45) is 11.3 Å². The van der Waals surface area contributed by atoms with Crippen LogP contribution in [-0.4, -0.2) is 23.4 Å². The van der Waals surface area contributed by atoms with Gasteiger partial charge in [-0.2, -0.15) is 4.37 Å². The van der Waals surface area contributed by atoms with Gasteiger partial charge in [-0.1, -0.05) is 43.6 Å². The maximum Gasteiger partial charge on any atom is 0.235 e. The molecule has 4 nitrogen and oxygen atoms in total. The quantitative estimate of drug-likeness (QED) is 0.437. The van der Waals surface area contributed by atoms with Crippen LogP contribution in [0.15, 0.2) is 36.4 Å². The number of halogens is 1. The molecule has 172 valence electrons. The number of carbonyl (C=O) groups excluding carboxylic acids is 1. The zero-order valence-corrected chi connectivity index (χ0v) is 20.9. The van der Waals surface area contributed by atoms with Gasteiger partial charge in [-0.05, 0) is 90.7 Å². The number of piperidine rings is 1. The van der Waals surface area contributed by atoms with Gasteiger partial charge >= 0.3 is 0 Å². The predicted molar refractivity (Wildman–Crippen MR) is 138 cm³/mol. The second kappa shape index (κ2) is 7.71. The van der Waals surface area contributed by atoms with E-state index < -0.39 is 0 Å². The Bertz CT molecular complexity index is 1240. The van der Waals surface area contributed by atoms with Crippen molar-refractivity contribution >= 4 is 50.6 Å². The van der Waals surface area contributed by atoms with Gasteiger partial charge in [-0.25, -0.2) is 0 Å². The normalized spacial score (nSPS) is 23.8. The molecule has 0 radical (unpaired) electrons. The SMILES string of the molecule is CC1(C)CC12C(=O)Nc1cc(Cl)c(CCCC3CCN(c4nsc5ccccc45)CC3)cc12. The number of fused-ring (bicyclic) bond motifs is 3. The molecule has 2 fully saturated rings. The molecule has 1 atom stereocenters. The minimum Gasteiger partial charge on any atom is -0.355 e. The molecule has 33 heavy (non-hydrogen) atoms. The van der Waals surface area contributed by atoms with Crippen molar-refractivity contribution in [2.45, 2.75) is 57.8 Å². The third kappa shape index (κ3) is 3.38.